The van der Waals surface area contributed by atoms with Crippen LogP contribution in [0.3, 0.4) is 0 Å². The minimum absolute atomic E-state index is 0.0548. The summed E-state index contributed by atoms with van der Waals surface area (Å²) in [6.07, 6.45) is 2.08. The number of nitrogens with one attached hydrogen (secondary N) is 1. The maximum atomic E-state index is 12.0. The molecule has 0 aliphatic carbocycles. The number of amides is 1. The summed E-state index contributed by atoms with van der Waals surface area (Å²) in [5.41, 5.74) is 0.644. The van der Waals surface area contributed by atoms with Crippen molar-refractivity contribution in [3.63, 3.8) is 0 Å². The van der Waals surface area contributed by atoms with Crippen molar-refractivity contribution in [3.05, 3.63) is 32.4 Å². The van der Waals surface area contributed by atoms with E-state index in [1.165, 1.54) is 0 Å². The second-order valence-corrected chi connectivity index (χ2v) is 6.00. The number of benzene rings is 1. The van der Waals surface area contributed by atoms with Gasteiger partial charge >= 0.3 is 0 Å². The van der Waals surface area contributed by atoms with Crippen LogP contribution in [-0.2, 0) is 4.74 Å². The Bertz CT molecular complexity index is 433. The Balaban J connectivity index is 1.85. The average molecular weight is 380 g/mol. The highest BCUT2D eigenvalue weighted by atomic mass is 127. The standard InChI is InChI=1S/C13H15ClINO2/c14-10-1-2-12(15)11(7-10)13(17)16-5-3-9-4-6-18-8-9/h1-2,7,9H,3-6,8H2,(H,16,17). The number of hydrogen-bond acceptors (Lipinski definition) is 2. The molecule has 0 radical (unpaired) electrons. The summed E-state index contributed by atoms with van der Waals surface area (Å²) in [5.74, 6) is 0.532. The maximum Gasteiger partial charge on any atom is 0.252 e. The van der Waals surface area contributed by atoms with Crippen molar-refractivity contribution in [1.29, 1.82) is 0 Å². The highest BCUT2D eigenvalue weighted by molar-refractivity contribution is 14.1. The third-order valence-electron chi connectivity index (χ3n) is 3.04. The molecule has 18 heavy (non-hydrogen) atoms. The summed E-state index contributed by atoms with van der Waals surface area (Å²) in [4.78, 5) is 12.0. The molecule has 0 aromatic heterocycles. The molecule has 5 heteroatoms. The van der Waals surface area contributed by atoms with E-state index in [9.17, 15) is 4.79 Å². The molecule has 1 aliphatic heterocycles. The number of hydrogen-bond donors (Lipinski definition) is 1. The maximum absolute atomic E-state index is 12.0. The van der Waals surface area contributed by atoms with Crippen LogP contribution in [0.15, 0.2) is 18.2 Å². The van der Waals surface area contributed by atoms with Gasteiger partial charge in [0.1, 0.15) is 0 Å². The van der Waals surface area contributed by atoms with E-state index in [1.54, 1.807) is 12.1 Å². The van der Waals surface area contributed by atoms with Gasteiger partial charge in [-0.15, -0.1) is 0 Å². The second-order valence-electron chi connectivity index (χ2n) is 4.40. The SMILES string of the molecule is O=C(NCCC1CCOC1)c1cc(Cl)ccc1I. The fourth-order valence-electron chi connectivity index (χ4n) is 1.97. The zero-order valence-electron chi connectivity index (χ0n) is 9.92. The van der Waals surface area contributed by atoms with Gasteiger partial charge in [0.05, 0.1) is 5.56 Å². The van der Waals surface area contributed by atoms with Gasteiger partial charge in [-0.2, -0.15) is 0 Å². The van der Waals surface area contributed by atoms with Crippen LogP contribution in [0.2, 0.25) is 5.02 Å². The summed E-state index contributed by atoms with van der Waals surface area (Å²) < 4.78 is 6.22. The molecule has 1 aromatic carbocycles. The molecule has 3 nitrogen and oxygen atoms in total. The molecule has 1 aromatic rings. The monoisotopic (exact) mass is 379 g/mol. The molecule has 2 rings (SSSR count). The Morgan fingerprint density at radius 3 is 3.11 bits per heavy atom. The molecule has 0 spiro atoms. The van der Waals surface area contributed by atoms with Gasteiger partial charge < -0.3 is 10.1 Å². The van der Waals surface area contributed by atoms with Crippen molar-refractivity contribution in [2.75, 3.05) is 19.8 Å². The third-order valence-corrected chi connectivity index (χ3v) is 4.21. The van der Waals surface area contributed by atoms with Crippen molar-refractivity contribution in [1.82, 2.24) is 5.32 Å². The molecule has 1 unspecified atom stereocenters. The van der Waals surface area contributed by atoms with Crippen LogP contribution in [0, 0.1) is 9.49 Å². The molecular formula is C13H15ClINO2. The Hall–Kier alpha value is -0.330. The predicted molar refractivity (Wildman–Crippen MR) is 80.0 cm³/mol. The normalized spacial score (nSPS) is 18.9. The van der Waals surface area contributed by atoms with E-state index in [4.69, 9.17) is 16.3 Å². The van der Waals surface area contributed by atoms with Crippen LogP contribution < -0.4 is 5.32 Å². The number of carbonyl (C=O) groups is 1. The molecule has 0 bridgehead atoms. The number of ether oxygens (including phenoxy) is 1. The first kappa shape index (κ1) is 14.1. The lowest BCUT2D eigenvalue weighted by atomic mass is 10.1. The van der Waals surface area contributed by atoms with Gasteiger partial charge in [0, 0.05) is 28.4 Å². The minimum atomic E-state index is -0.0548. The minimum Gasteiger partial charge on any atom is -0.381 e. The zero-order valence-corrected chi connectivity index (χ0v) is 12.8. The van der Waals surface area contributed by atoms with Crippen molar-refractivity contribution in [2.45, 2.75) is 12.8 Å². The van der Waals surface area contributed by atoms with Crippen molar-refractivity contribution >= 4 is 40.1 Å². The van der Waals surface area contributed by atoms with Crippen LogP contribution in [0.25, 0.3) is 0 Å². The average Bonchev–Trinajstić information content (AvgIpc) is 2.85. The lowest BCUT2D eigenvalue weighted by Crippen LogP contribution is -2.26. The lowest BCUT2D eigenvalue weighted by molar-refractivity contribution is 0.0949. The van der Waals surface area contributed by atoms with Crippen molar-refractivity contribution in [2.24, 2.45) is 5.92 Å². The van der Waals surface area contributed by atoms with Gasteiger partial charge in [-0.05, 0) is 59.5 Å². The zero-order chi connectivity index (χ0) is 13.0. The van der Waals surface area contributed by atoms with Gasteiger partial charge in [0.25, 0.3) is 5.91 Å². The molecule has 1 amide bonds. The van der Waals surface area contributed by atoms with Crippen LogP contribution >= 0.6 is 34.2 Å². The van der Waals surface area contributed by atoms with E-state index in [0.717, 1.165) is 29.6 Å². The predicted octanol–water partition coefficient (Wildman–Crippen LogP) is 3.10. The van der Waals surface area contributed by atoms with Gasteiger partial charge in [-0.3, -0.25) is 4.79 Å². The molecule has 1 fully saturated rings. The van der Waals surface area contributed by atoms with Crippen LogP contribution in [0.1, 0.15) is 23.2 Å². The van der Waals surface area contributed by atoms with Crippen LogP contribution in [-0.4, -0.2) is 25.7 Å². The van der Waals surface area contributed by atoms with Gasteiger partial charge in [-0.1, -0.05) is 11.6 Å². The summed E-state index contributed by atoms with van der Waals surface area (Å²) in [7, 11) is 0. The number of halogens is 2. The Kier molecular flexibility index (Phi) is 5.26. The fraction of sp³-hybridized carbons (Fsp3) is 0.462. The first-order chi connectivity index (χ1) is 8.66. The lowest BCUT2D eigenvalue weighted by Gasteiger charge is -2.10. The smallest absolute Gasteiger partial charge is 0.252 e. The van der Waals surface area contributed by atoms with E-state index >= 15 is 0 Å². The number of rotatable bonds is 4. The molecule has 98 valence electrons. The van der Waals surface area contributed by atoms with Crippen molar-refractivity contribution in [3.8, 4) is 0 Å². The largest absolute Gasteiger partial charge is 0.381 e. The van der Waals surface area contributed by atoms with E-state index < -0.39 is 0 Å². The van der Waals surface area contributed by atoms with Gasteiger partial charge in [0.15, 0.2) is 0 Å². The fourth-order valence-corrected chi connectivity index (χ4v) is 2.72. The second kappa shape index (κ2) is 6.73. The summed E-state index contributed by atoms with van der Waals surface area (Å²) in [6.45, 7) is 2.37. The number of carbonyl (C=O) groups excluding carboxylic acids is 1. The molecule has 1 aliphatic rings. The van der Waals surface area contributed by atoms with Gasteiger partial charge in [-0.25, -0.2) is 0 Å². The molecule has 1 heterocycles. The first-order valence-corrected chi connectivity index (χ1v) is 7.43. The highest BCUT2D eigenvalue weighted by Gasteiger charge is 2.16. The summed E-state index contributed by atoms with van der Waals surface area (Å²) in [5, 5.41) is 3.52. The van der Waals surface area contributed by atoms with E-state index in [-0.39, 0.29) is 5.91 Å². The molecular weight excluding hydrogens is 365 g/mol. The topological polar surface area (TPSA) is 38.3 Å². The van der Waals surface area contributed by atoms with Crippen LogP contribution in [0.4, 0.5) is 0 Å². The molecule has 1 N–H and O–H groups in total. The quantitative estimate of drug-likeness (QED) is 0.817. The Morgan fingerprint density at radius 2 is 2.39 bits per heavy atom. The first-order valence-electron chi connectivity index (χ1n) is 5.98. The van der Waals surface area contributed by atoms with E-state index in [2.05, 4.69) is 27.9 Å². The Morgan fingerprint density at radius 1 is 1.56 bits per heavy atom. The van der Waals surface area contributed by atoms with E-state index in [0.29, 0.717) is 23.0 Å². The van der Waals surface area contributed by atoms with Crippen LogP contribution in [0.5, 0.6) is 0 Å². The van der Waals surface area contributed by atoms with Crippen molar-refractivity contribution < 1.29 is 9.53 Å². The third kappa shape index (κ3) is 3.83. The highest BCUT2D eigenvalue weighted by Crippen LogP contribution is 2.18. The summed E-state index contributed by atoms with van der Waals surface area (Å²) in [6, 6.07) is 5.34. The Labute approximate surface area is 125 Å². The molecule has 1 saturated heterocycles. The van der Waals surface area contributed by atoms with E-state index in [1.807, 2.05) is 6.07 Å². The van der Waals surface area contributed by atoms with Gasteiger partial charge in [0.2, 0.25) is 0 Å². The molecule has 0 saturated carbocycles. The summed E-state index contributed by atoms with van der Waals surface area (Å²) >= 11 is 8.04. The molecule has 1 atom stereocenters.